The molecule has 1 amide bonds. The van der Waals surface area contributed by atoms with Crippen molar-refractivity contribution >= 4 is 50.6 Å². The first kappa shape index (κ1) is 15.4. The standard InChI is InChI=1S/C12H14BrClN2OS/c1-7(11(15)18)6-16(2)12(17)9-4-3-8(14)5-10(9)13/h3-5,7H,6H2,1-2H3,(H2,15,18). The molecular weight excluding hydrogens is 336 g/mol. The van der Waals surface area contributed by atoms with Gasteiger partial charge in [0.05, 0.1) is 10.6 Å². The summed E-state index contributed by atoms with van der Waals surface area (Å²) in [4.78, 5) is 14.2. The van der Waals surface area contributed by atoms with E-state index in [0.29, 0.717) is 26.6 Å². The summed E-state index contributed by atoms with van der Waals surface area (Å²) in [7, 11) is 1.72. The lowest BCUT2D eigenvalue weighted by Gasteiger charge is -2.21. The van der Waals surface area contributed by atoms with E-state index in [9.17, 15) is 4.79 Å². The number of benzene rings is 1. The highest BCUT2D eigenvalue weighted by molar-refractivity contribution is 9.10. The highest BCUT2D eigenvalue weighted by Gasteiger charge is 2.17. The number of nitrogens with two attached hydrogens (primary N) is 1. The van der Waals surface area contributed by atoms with E-state index < -0.39 is 0 Å². The monoisotopic (exact) mass is 348 g/mol. The van der Waals surface area contributed by atoms with Crippen molar-refractivity contribution in [3.05, 3.63) is 33.3 Å². The van der Waals surface area contributed by atoms with E-state index in [1.54, 1.807) is 30.1 Å². The number of carbonyl (C=O) groups is 1. The lowest BCUT2D eigenvalue weighted by molar-refractivity contribution is 0.0786. The number of rotatable bonds is 4. The van der Waals surface area contributed by atoms with Gasteiger partial charge in [0, 0.05) is 29.0 Å². The molecule has 1 rings (SSSR count). The number of halogens is 2. The van der Waals surface area contributed by atoms with Gasteiger partial charge in [-0.2, -0.15) is 0 Å². The smallest absolute Gasteiger partial charge is 0.254 e. The Kier molecular flexibility index (Phi) is 5.56. The van der Waals surface area contributed by atoms with Crippen molar-refractivity contribution in [1.82, 2.24) is 4.90 Å². The average molecular weight is 350 g/mol. The predicted molar refractivity (Wildman–Crippen MR) is 82.1 cm³/mol. The van der Waals surface area contributed by atoms with Crippen molar-refractivity contribution in [1.29, 1.82) is 0 Å². The lowest BCUT2D eigenvalue weighted by atomic mass is 10.1. The van der Waals surface area contributed by atoms with Gasteiger partial charge in [-0.15, -0.1) is 0 Å². The van der Waals surface area contributed by atoms with E-state index in [-0.39, 0.29) is 11.8 Å². The molecule has 1 atom stereocenters. The molecule has 0 aliphatic heterocycles. The summed E-state index contributed by atoms with van der Waals surface area (Å²) in [6.45, 7) is 2.38. The van der Waals surface area contributed by atoms with Crippen LogP contribution in [-0.2, 0) is 0 Å². The topological polar surface area (TPSA) is 46.3 Å². The summed E-state index contributed by atoms with van der Waals surface area (Å²) in [5.74, 6) is -0.110. The molecule has 0 spiro atoms. The van der Waals surface area contributed by atoms with Gasteiger partial charge in [-0.25, -0.2) is 0 Å². The number of hydrogen-bond acceptors (Lipinski definition) is 2. The minimum absolute atomic E-state index is 0.0139. The third-order valence-electron chi connectivity index (χ3n) is 2.54. The first-order valence-corrected chi connectivity index (χ1v) is 6.90. The van der Waals surface area contributed by atoms with Crippen LogP contribution in [0.1, 0.15) is 17.3 Å². The number of hydrogen-bond donors (Lipinski definition) is 1. The highest BCUT2D eigenvalue weighted by atomic mass is 79.9. The maximum atomic E-state index is 12.2. The second-order valence-corrected chi connectivity index (χ2v) is 5.88. The second-order valence-electron chi connectivity index (χ2n) is 4.11. The Morgan fingerprint density at radius 3 is 2.72 bits per heavy atom. The van der Waals surface area contributed by atoms with E-state index in [1.807, 2.05) is 6.92 Å². The maximum absolute atomic E-state index is 12.2. The summed E-state index contributed by atoms with van der Waals surface area (Å²) in [6.07, 6.45) is 0. The lowest BCUT2D eigenvalue weighted by Crippen LogP contribution is -2.35. The summed E-state index contributed by atoms with van der Waals surface area (Å²) in [5.41, 5.74) is 6.11. The maximum Gasteiger partial charge on any atom is 0.254 e. The molecule has 0 saturated carbocycles. The molecule has 0 fully saturated rings. The highest BCUT2D eigenvalue weighted by Crippen LogP contribution is 2.22. The molecule has 0 heterocycles. The van der Waals surface area contributed by atoms with Gasteiger partial charge in [-0.1, -0.05) is 30.7 Å². The van der Waals surface area contributed by atoms with Gasteiger partial charge in [0.25, 0.3) is 5.91 Å². The van der Waals surface area contributed by atoms with Gasteiger partial charge in [0.1, 0.15) is 0 Å². The molecule has 1 aromatic rings. The first-order chi connectivity index (χ1) is 8.32. The molecule has 0 radical (unpaired) electrons. The van der Waals surface area contributed by atoms with Gasteiger partial charge < -0.3 is 10.6 Å². The largest absolute Gasteiger partial charge is 0.393 e. The molecule has 1 aromatic carbocycles. The summed E-state index contributed by atoms with van der Waals surface area (Å²) in [5, 5.41) is 0.581. The van der Waals surface area contributed by atoms with Gasteiger partial charge in [0.2, 0.25) is 0 Å². The molecular formula is C12H14BrClN2OS. The fourth-order valence-corrected chi connectivity index (χ4v) is 2.38. The Labute approximate surface area is 125 Å². The van der Waals surface area contributed by atoms with Crippen LogP contribution in [0, 0.1) is 5.92 Å². The van der Waals surface area contributed by atoms with Crippen molar-refractivity contribution in [2.45, 2.75) is 6.92 Å². The third-order valence-corrected chi connectivity index (χ3v) is 3.84. The Morgan fingerprint density at radius 2 is 2.22 bits per heavy atom. The van der Waals surface area contributed by atoms with Crippen LogP contribution in [0.4, 0.5) is 0 Å². The van der Waals surface area contributed by atoms with Crippen LogP contribution >= 0.6 is 39.7 Å². The zero-order valence-electron chi connectivity index (χ0n) is 10.1. The number of thiocarbonyl (C=S) groups is 1. The van der Waals surface area contributed by atoms with Crippen LogP contribution in [-0.4, -0.2) is 29.4 Å². The Hall–Kier alpha value is -0.650. The molecule has 98 valence electrons. The van der Waals surface area contributed by atoms with Crippen LogP contribution in [0.2, 0.25) is 5.02 Å². The zero-order valence-corrected chi connectivity index (χ0v) is 13.3. The van der Waals surface area contributed by atoms with E-state index in [2.05, 4.69) is 15.9 Å². The Morgan fingerprint density at radius 1 is 1.61 bits per heavy atom. The fraction of sp³-hybridized carbons (Fsp3) is 0.333. The normalized spacial score (nSPS) is 12.0. The molecule has 0 aliphatic rings. The van der Waals surface area contributed by atoms with Gasteiger partial charge in [-0.3, -0.25) is 4.79 Å². The number of amides is 1. The number of nitrogens with zero attached hydrogens (tertiary/aromatic N) is 1. The fourth-order valence-electron chi connectivity index (χ4n) is 1.45. The molecule has 0 aromatic heterocycles. The van der Waals surface area contributed by atoms with E-state index in [1.165, 1.54) is 0 Å². The van der Waals surface area contributed by atoms with Crippen LogP contribution in [0.25, 0.3) is 0 Å². The minimum Gasteiger partial charge on any atom is -0.393 e. The van der Waals surface area contributed by atoms with Crippen LogP contribution in [0.5, 0.6) is 0 Å². The summed E-state index contributed by atoms with van der Waals surface area (Å²) in [6, 6.07) is 5.07. The molecule has 2 N–H and O–H groups in total. The molecule has 3 nitrogen and oxygen atoms in total. The molecule has 0 aliphatic carbocycles. The van der Waals surface area contributed by atoms with Crippen molar-refractivity contribution in [2.75, 3.05) is 13.6 Å². The average Bonchev–Trinajstić information content (AvgIpc) is 2.27. The van der Waals surface area contributed by atoms with E-state index in [0.717, 1.165) is 0 Å². The predicted octanol–water partition coefficient (Wildman–Crippen LogP) is 3.10. The molecule has 18 heavy (non-hydrogen) atoms. The quantitative estimate of drug-likeness (QED) is 0.850. The van der Waals surface area contributed by atoms with E-state index in [4.69, 9.17) is 29.6 Å². The van der Waals surface area contributed by atoms with Gasteiger partial charge >= 0.3 is 0 Å². The summed E-state index contributed by atoms with van der Waals surface area (Å²) >= 11 is 14.1. The van der Waals surface area contributed by atoms with Crippen LogP contribution in [0.3, 0.4) is 0 Å². The molecule has 0 bridgehead atoms. The first-order valence-electron chi connectivity index (χ1n) is 5.32. The van der Waals surface area contributed by atoms with Crippen molar-refractivity contribution in [3.8, 4) is 0 Å². The summed E-state index contributed by atoms with van der Waals surface area (Å²) < 4.78 is 0.676. The SMILES string of the molecule is CC(CN(C)C(=O)c1ccc(Cl)cc1Br)C(N)=S. The molecule has 1 unspecified atom stereocenters. The Bertz CT molecular complexity index is 481. The molecule has 0 saturated heterocycles. The van der Waals surface area contributed by atoms with Crippen molar-refractivity contribution in [3.63, 3.8) is 0 Å². The van der Waals surface area contributed by atoms with Gasteiger partial charge in [0.15, 0.2) is 0 Å². The molecule has 6 heteroatoms. The number of carbonyl (C=O) groups excluding carboxylic acids is 1. The zero-order chi connectivity index (χ0) is 13.9. The van der Waals surface area contributed by atoms with Crippen molar-refractivity contribution < 1.29 is 4.79 Å². The Balaban J connectivity index is 2.83. The van der Waals surface area contributed by atoms with Crippen molar-refractivity contribution in [2.24, 2.45) is 11.7 Å². The van der Waals surface area contributed by atoms with Crippen LogP contribution in [0.15, 0.2) is 22.7 Å². The third kappa shape index (κ3) is 3.93. The minimum atomic E-state index is -0.0957. The van der Waals surface area contributed by atoms with E-state index >= 15 is 0 Å². The second kappa shape index (κ2) is 6.50. The van der Waals surface area contributed by atoms with Crippen LogP contribution < -0.4 is 5.73 Å². The van der Waals surface area contributed by atoms with Gasteiger partial charge in [-0.05, 0) is 34.1 Å².